The van der Waals surface area contributed by atoms with Crippen LogP contribution in [0.2, 0.25) is 0 Å². The summed E-state index contributed by atoms with van der Waals surface area (Å²) >= 11 is 0. The third kappa shape index (κ3) is 2.50. The van der Waals surface area contributed by atoms with E-state index in [1.54, 1.807) is 12.4 Å². The molecule has 0 bridgehead atoms. The Morgan fingerprint density at radius 1 is 1.47 bits per heavy atom. The van der Waals surface area contributed by atoms with Gasteiger partial charge in [-0.1, -0.05) is 25.4 Å². The molecule has 2 N–H and O–H groups in total. The van der Waals surface area contributed by atoms with Crippen LogP contribution in [0.1, 0.15) is 32.2 Å². The first-order valence-corrected chi connectivity index (χ1v) is 5.72. The minimum Gasteiger partial charge on any atom is -0.337 e. The summed E-state index contributed by atoms with van der Waals surface area (Å²) in [6.45, 7) is 4.15. The van der Waals surface area contributed by atoms with Gasteiger partial charge in [0.15, 0.2) is 0 Å². The molecule has 2 atom stereocenters. The van der Waals surface area contributed by atoms with Crippen LogP contribution in [0.4, 0.5) is 0 Å². The molecule has 0 radical (unpaired) electrons. The van der Waals surface area contributed by atoms with Crippen molar-refractivity contribution in [2.75, 3.05) is 0 Å². The summed E-state index contributed by atoms with van der Waals surface area (Å²) < 4.78 is 5.19. The zero-order valence-electron chi connectivity index (χ0n) is 10.00. The molecule has 17 heavy (non-hydrogen) atoms. The van der Waals surface area contributed by atoms with Crippen molar-refractivity contribution in [1.82, 2.24) is 15.1 Å². The molecule has 0 spiro atoms. The van der Waals surface area contributed by atoms with E-state index in [4.69, 9.17) is 10.3 Å². The lowest BCUT2D eigenvalue weighted by Gasteiger charge is -2.12. The third-order valence-corrected chi connectivity index (χ3v) is 2.90. The highest BCUT2D eigenvalue weighted by Gasteiger charge is 2.20. The van der Waals surface area contributed by atoms with Crippen LogP contribution in [0.15, 0.2) is 29.0 Å². The van der Waals surface area contributed by atoms with Crippen LogP contribution in [-0.4, -0.2) is 15.1 Å². The Labute approximate surface area is 100 Å². The average molecular weight is 232 g/mol. The quantitative estimate of drug-likeness (QED) is 0.874. The van der Waals surface area contributed by atoms with Gasteiger partial charge in [-0.25, -0.2) is 0 Å². The van der Waals surface area contributed by atoms with E-state index >= 15 is 0 Å². The van der Waals surface area contributed by atoms with Crippen molar-refractivity contribution >= 4 is 0 Å². The van der Waals surface area contributed by atoms with E-state index in [0.29, 0.717) is 17.6 Å². The lowest BCUT2D eigenvalue weighted by Crippen LogP contribution is -2.18. The van der Waals surface area contributed by atoms with Crippen LogP contribution in [0, 0.1) is 5.92 Å². The Kier molecular flexibility index (Phi) is 3.49. The summed E-state index contributed by atoms with van der Waals surface area (Å²) in [5.74, 6) is 1.34. The van der Waals surface area contributed by atoms with Crippen LogP contribution in [0.3, 0.4) is 0 Å². The van der Waals surface area contributed by atoms with Gasteiger partial charge >= 0.3 is 0 Å². The van der Waals surface area contributed by atoms with E-state index in [0.717, 1.165) is 12.0 Å². The summed E-state index contributed by atoms with van der Waals surface area (Å²) in [5, 5.41) is 3.92. The second kappa shape index (κ2) is 5.05. The number of hydrogen-bond donors (Lipinski definition) is 1. The Bertz CT molecular complexity index is 468. The van der Waals surface area contributed by atoms with Crippen LogP contribution < -0.4 is 5.73 Å². The van der Waals surface area contributed by atoms with Gasteiger partial charge in [-0.05, 0) is 18.1 Å². The molecule has 0 aliphatic heterocycles. The topological polar surface area (TPSA) is 77.8 Å². The Morgan fingerprint density at radius 3 is 2.94 bits per heavy atom. The molecule has 2 rings (SSSR count). The summed E-state index contributed by atoms with van der Waals surface area (Å²) in [7, 11) is 0. The lowest BCUT2D eigenvalue weighted by molar-refractivity contribution is 0.312. The van der Waals surface area contributed by atoms with Crippen molar-refractivity contribution in [2.45, 2.75) is 26.3 Å². The minimum absolute atomic E-state index is 0.210. The van der Waals surface area contributed by atoms with E-state index < -0.39 is 0 Å². The van der Waals surface area contributed by atoms with Gasteiger partial charge in [-0.15, -0.1) is 0 Å². The fraction of sp³-hybridized carbons (Fsp3) is 0.417. The smallest absolute Gasteiger partial charge is 0.244 e. The second-order valence-electron chi connectivity index (χ2n) is 4.11. The predicted octanol–water partition coefficient (Wildman–Crippen LogP) is 2.18. The number of rotatable bonds is 4. The zero-order chi connectivity index (χ0) is 12.3. The number of hydrogen-bond acceptors (Lipinski definition) is 5. The molecule has 90 valence electrons. The highest BCUT2D eigenvalue weighted by Crippen LogP contribution is 2.22. The molecule has 0 aromatic carbocycles. The maximum absolute atomic E-state index is 6.03. The third-order valence-electron chi connectivity index (χ3n) is 2.90. The fourth-order valence-electron chi connectivity index (χ4n) is 1.48. The fourth-order valence-corrected chi connectivity index (χ4v) is 1.48. The van der Waals surface area contributed by atoms with Crippen molar-refractivity contribution in [3.05, 3.63) is 30.4 Å². The molecule has 2 heterocycles. The molecule has 0 saturated heterocycles. The highest BCUT2D eigenvalue weighted by molar-refractivity contribution is 5.51. The van der Waals surface area contributed by atoms with Gasteiger partial charge in [0, 0.05) is 18.0 Å². The summed E-state index contributed by atoms with van der Waals surface area (Å²) in [6, 6.07) is 3.51. The van der Waals surface area contributed by atoms with E-state index in [1.165, 1.54) is 0 Å². The van der Waals surface area contributed by atoms with Crippen LogP contribution in [0.5, 0.6) is 0 Å². The molecule has 0 aliphatic carbocycles. The summed E-state index contributed by atoms with van der Waals surface area (Å²) in [5.41, 5.74) is 6.86. The summed E-state index contributed by atoms with van der Waals surface area (Å²) in [6.07, 6.45) is 4.38. The lowest BCUT2D eigenvalue weighted by atomic mass is 10.0. The second-order valence-corrected chi connectivity index (χ2v) is 4.11. The monoisotopic (exact) mass is 232 g/mol. The molecule has 5 nitrogen and oxygen atoms in total. The number of nitrogens with two attached hydrogens (primary N) is 1. The first kappa shape index (κ1) is 11.7. The zero-order valence-corrected chi connectivity index (χ0v) is 10.00. The van der Waals surface area contributed by atoms with E-state index in [2.05, 4.69) is 29.0 Å². The molecule has 0 unspecified atom stereocenters. The summed E-state index contributed by atoms with van der Waals surface area (Å²) in [4.78, 5) is 8.32. The van der Waals surface area contributed by atoms with E-state index in [-0.39, 0.29) is 6.04 Å². The first-order chi connectivity index (χ1) is 8.22. The Hall–Kier alpha value is -1.75. The molecule has 0 fully saturated rings. The highest BCUT2D eigenvalue weighted by atomic mass is 16.5. The van der Waals surface area contributed by atoms with Crippen molar-refractivity contribution in [3.8, 4) is 11.4 Å². The maximum Gasteiger partial charge on any atom is 0.244 e. The van der Waals surface area contributed by atoms with Gasteiger partial charge in [0.05, 0.1) is 6.04 Å². The van der Waals surface area contributed by atoms with Crippen molar-refractivity contribution in [1.29, 1.82) is 0 Å². The normalized spacial score (nSPS) is 14.5. The van der Waals surface area contributed by atoms with E-state index in [1.807, 2.05) is 12.1 Å². The maximum atomic E-state index is 6.03. The van der Waals surface area contributed by atoms with Gasteiger partial charge in [0.25, 0.3) is 0 Å². The largest absolute Gasteiger partial charge is 0.337 e. The molecular formula is C12H16N4O. The van der Waals surface area contributed by atoms with Crippen LogP contribution in [0.25, 0.3) is 11.4 Å². The predicted molar refractivity (Wildman–Crippen MR) is 63.9 cm³/mol. The van der Waals surface area contributed by atoms with E-state index in [9.17, 15) is 0 Å². The minimum atomic E-state index is -0.210. The van der Waals surface area contributed by atoms with Gasteiger partial charge in [0.1, 0.15) is 0 Å². The van der Waals surface area contributed by atoms with Crippen LogP contribution in [-0.2, 0) is 0 Å². The Morgan fingerprint density at radius 2 is 2.29 bits per heavy atom. The molecule has 0 amide bonds. The SMILES string of the molecule is CC[C@H](C)[C@H](N)c1nc(-c2cccnc2)no1. The molecular weight excluding hydrogens is 216 g/mol. The molecule has 0 saturated carbocycles. The van der Waals surface area contributed by atoms with Crippen molar-refractivity contribution < 1.29 is 4.52 Å². The van der Waals surface area contributed by atoms with Crippen molar-refractivity contribution in [2.24, 2.45) is 11.7 Å². The molecule has 2 aromatic heterocycles. The van der Waals surface area contributed by atoms with Gasteiger partial charge < -0.3 is 10.3 Å². The van der Waals surface area contributed by atoms with Gasteiger partial charge in [0.2, 0.25) is 11.7 Å². The van der Waals surface area contributed by atoms with Gasteiger partial charge in [-0.2, -0.15) is 4.98 Å². The standard InChI is InChI=1S/C12H16N4O/c1-3-8(2)10(13)12-15-11(16-17-12)9-5-4-6-14-7-9/h4-8,10H,3,13H2,1-2H3/t8-,10-/m0/s1. The number of aromatic nitrogens is 3. The molecule has 5 heteroatoms. The number of nitrogens with zero attached hydrogens (tertiary/aromatic N) is 3. The Balaban J connectivity index is 2.22. The van der Waals surface area contributed by atoms with Crippen LogP contribution >= 0.6 is 0 Å². The molecule has 0 aliphatic rings. The average Bonchev–Trinajstić information content (AvgIpc) is 2.87. The molecule has 2 aromatic rings. The van der Waals surface area contributed by atoms with Crippen molar-refractivity contribution in [3.63, 3.8) is 0 Å². The van der Waals surface area contributed by atoms with Gasteiger partial charge in [-0.3, -0.25) is 4.98 Å². The number of pyridine rings is 1. The first-order valence-electron chi connectivity index (χ1n) is 5.72.